The SMILES string of the molecule is CCCCCCS(=O)(=O)C(=O)C(=[N+]=[N-])C1CCCCC1. The Morgan fingerprint density at radius 2 is 1.80 bits per heavy atom. The minimum absolute atomic E-state index is 0.141. The molecule has 0 N–H and O–H groups in total. The standard InChI is InChI=1S/C14H24N2O3S/c1-2-3-4-8-11-20(18,19)14(17)13(16-15)12-9-6-5-7-10-12/h12H,2-11H2,1H3. The fourth-order valence-electron chi connectivity index (χ4n) is 2.64. The fourth-order valence-corrected chi connectivity index (χ4v) is 3.93. The van der Waals surface area contributed by atoms with Gasteiger partial charge in [-0.1, -0.05) is 45.4 Å². The van der Waals surface area contributed by atoms with Gasteiger partial charge in [0.2, 0.25) is 9.84 Å². The van der Waals surface area contributed by atoms with Gasteiger partial charge in [-0.05, 0) is 19.3 Å². The molecule has 0 unspecified atom stereocenters. The van der Waals surface area contributed by atoms with Gasteiger partial charge in [0.05, 0.1) is 11.7 Å². The van der Waals surface area contributed by atoms with Gasteiger partial charge in [-0.3, -0.25) is 4.79 Å². The van der Waals surface area contributed by atoms with Gasteiger partial charge >= 0.3 is 10.8 Å². The Kier molecular flexibility index (Phi) is 7.10. The van der Waals surface area contributed by atoms with Crippen LogP contribution in [0.2, 0.25) is 0 Å². The Bertz CT molecular complexity index is 473. The molecular formula is C14H24N2O3S. The van der Waals surface area contributed by atoms with Crippen molar-refractivity contribution in [2.45, 2.75) is 64.7 Å². The van der Waals surface area contributed by atoms with E-state index in [1.165, 1.54) is 0 Å². The molecule has 1 aliphatic carbocycles. The topological polar surface area (TPSA) is 87.6 Å². The van der Waals surface area contributed by atoms with Crippen LogP contribution in [0.15, 0.2) is 0 Å². The molecule has 0 spiro atoms. The summed E-state index contributed by atoms with van der Waals surface area (Å²) >= 11 is 0. The first kappa shape index (κ1) is 17.1. The average Bonchev–Trinajstić information content (AvgIpc) is 2.45. The van der Waals surface area contributed by atoms with Gasteiger partial charge < -0.3 is 5.53 Å². The zero-order valence-electron chi connectivity index (χ0n) is 12.2. The minimum atomic E-state index is -3.83. The van der Waals surface area contributed by atoms with Crippen LogP contribution in [-0.2, 0) is 14.6 Å². The van der Waals surface area contributed by atoms with E-state index in [4.69, 9.17) is 5.53 Å². The van der Waals surface area contributed by atoms with Crippen LogP contribution >= 0.6 is 0 Å². The van der Waals surface area contributed by atoms with Crippen molar-refractivity contribution >= 4 is 20.7 Å². The molecule has 0 aromatic heterocycles. The molecule has 20 heavy (non-hydrogen) atoms. The summed E-state index contributed by atoms with van der Waals surface area (Å²) in [7, 11) is -3.83. The monoisotopic (exact) mass is 300 g/mol. The van der Waals surface area contributed by atoms with Crippen molar-refractivity contribution in [1.29, 1.82) is 0 Å². The first-order valence-corrected chi connectivity index (χ1v) is 9.17. The molecule has 6 heteroatoms. The van der Waals surface area contributed by atoms with Crippen molar-refractivity contribution in [3.63, 3.8) is 0 Å². The normalized spacial score (nSPS) is 16.6. The number of nitrogens with zero attached hydrogens (tertiary/aromatic N) is 2. The lowest BCUT2D eigenvalue weighted by molar-refractivity contribution is -0.111. The number of carbonyl (C=O) groups is 1. The maximum absolute atomic E-state index is 12.1. The molecule has 0 radical (unpaired) electrons. The molecule has 1 rings (SSSR count). The summed E-state index contributed by atoms with van der Waals surface area (Å²) in [6, 6.07) is 0. The molecule has 0 heterocycles. The number of hydrogen-bond acceptors (Lipinski definition) is 3. The highest BCUT2D eigenvalue weighted by molar-refractivity contribution is 8.08. The van der Waals surface area contributed by atoms with Crippen molar-refractivity contribution in [3.05, 3.63) is 5.53 Å². The van der Waals surface area contributed by atoms with E-state index in [1.807, 2.05) is 6.92 Å². The molecule has 1 saturated carbocycles. The van der Waals surface area contributed by atoms with Crippen molar-refractivity contribution in [2.75, 3.05) is 5.75 Å². The first-order valence-electron chi connectivity index (χ1n) is 7.52. The highest BCUT2D eigenvalue weighted by Gasteiger charge is 2.39. The molecule has 0 bridgehead atoms. The molecule has 0 atom stereocenters. The quantitative estimate of drug-likeness (QED) is 0.313. The number of sulfone groups is 1. The lowest BCUT2D eigenvalue weighted by atomic mass is 9.86. The molecule has 114 valence electrons. The van der Waals surface area contributed by atoms with E-state index in [1.54, 1.807) is 0 Å². The van der Waals surface area contributed by atoms with Gasteiger partial charge in [0.25, 0.3) is 0 Å². The molecule has 0 amide bonds. The van der Waals surface area contributed by atoms with E-state index in [9.17, 15) is 13.2 Å². The van der Waals surface area contributed by atoms with Crippen LogP contribution in [0, 0.1) is 5.92 Å². The zero-order chi connectivity index (χ0) is 15.0. The van der Waals surface area contributed by atoms with Crippen molar-refractivity contribution < 1.29 is 18.0 Å². The van der Waals surface area contributed by atoms with Crippen LogP contribution in [0.4, 0.5) is 0 Å². The number of rotatable bonds is 7. The molecule has 5 nitrogen and oxygen atoms in total. The Labute approximate surface area is 121 Å². The second-order valence-electron chi connectivity index (χ2n) is 5.49. The predicted molar refractivity (Wildman–Crippen MR) is 78.1 cm³/mol. The lowest BCUT2D eigenvalue weighted by Crippen LogP contribution is -2.33. The van der Waals surface area contributed by atoms with Crippen molar-refractivity contribution in [2.24, 2.45) is 5.92 Å². The molecule has 0 aromatic carbocycles. The predicted octanol–water partition coefficient (Wildman–Crippen LogP) is 2.76. The van der Waals surface area contributed by atoms with Gasteiger partial charge in [0, 0.05) is 0 Å². The molecule has 1 aliphatic rings. The minimum Gasteiger partial charge on any atom is -0.361 e. The van der Waals surface area contributed by atoms with E-state index in [-0.39, 0.29) is 17.4 Å². The lowest BCUT2D eigenvalue weighted by Gasteiger charge is -2.16. The van der Waals surface area contributed by atoms with Crippen LogP contribution < -0.4 is 0 Å². The first-order chi connectivity index (χ1) is 9.53. The summed E-state index contributed by atoms with van der Waals surface area (Å²) in [5.74, 6) is -0.343. The number of unbranched alkanes of at least 4 members (excludes halogenated alkanes) is 3. The molecular weight excluding hydrogens is 276 g/mol. The van der Waals surface area contributed by atoms with E-state index in [2.05, 4.69) is 4.79 Å². The van der Waals surface area contributed by atoms with E-state index >= 15 is 0 Å². The smallest absolute Gasteiger partial charge is 0.353 e. The van der Waals surface area contributed by atoms with Gasteiger partial charge in [-0.2, -0.15) is 4.79 Å². The Morgan fingerprint density at radius 1 is 1.15 bits per heavy atom. The largest absolute Gasteiger partial charge is 0.361 e. The summed E-state index contributed by atoms with van der Waals surface area (Å²) in [6.45, 7) is 2.04. The van der Waals surface area contributed by atoms with Crippen LogP contribution in [-0.4, -0.2) is 29.8 Å². The fraction of sp³-hybridized carbons (Fsp3) is 0.857. The summed E-state index contributed by atoms with van der Waals surface area (Å²) in [6.07, 6.45) is 7.73. The van der Waals surface area contributed by atoms with Gasteiger partial charge in [-0.15, -0.1) is 0 Å². The zero-order valence-corrected chi connectivity index (χ0v) is 13.0. The van der Waals surface area contributed by atoms with Crippen molar-refractivity contribution in [1.82, 2.24) is 0 Å². The van der Waals surface area contributed by atoms with Crippen molar-refractivity contribution in [3.8, 4) is 0 Å². The summed E-state index contributed by atoms with van der Waals surface area (Å²) < 4.78 is 24.0. The third kappa shape index (κ3) is 4.84. The van der Waals surface area contributed by atoms with E-state index < -0.39 is 15.0 Å². The average molecular weight is 300 g/mol. The summed E-state index contributed by atoms with van der Waals surface area (Å²) in [5.41, 5.74) is 8.87. The molecule has 0 aromatic rings. The third-order valence-corrected chi connectivity index (χ3v) is 5.46. The van der Waals surface area contributed by atoms with Crippen LogP contribution in [0.1, 0.15) is 64.7 Å². The maximum atomic E-state index is 12.1. The van der Waals surface area contributed by atoms with Crippen LogP contribution in [0.5, 0.6) is 0 Å². The summed E-state index contributed by atoms with van der Waals surface area (Å²) in [4.78, 5) is 15.1. The molecule has 1 fully saturated rings. The summed E-state index contributed by atoms with van der Waals surface area (Å²) in [5, 5.41) is -0.969. The van der Waals surface area contributed by atoms with Gasteiger partial charge in [-0.25, -0.2) is 8.42 Å². The second-order valence-corrected chi connectivity index (χ2v) is 7.50. The van der Waals surface area contributed by atoms with E-state index in [0.717, 1.165) is 51.4 Å². The number of hydrogen-bond donors (Lipinski definition) is 0. The van der Waals surface area contributed by atoms with Gasteiger partial charge in [0.15, 0.2) is 0 Å². The Hall–Kier alpha value is -1.00. The maximum Gasteiger partial charge on any atom is 0.353 e. The highest BCUT2D eigenvalue weighted by Crippen LogP contribution is 2.25. The van der Waals surface area contributed by atoms with Crippen LogP contribution in [0.25, 0.3) is 5.53 Å². The number of carbonyl (C=O) groups excluding carboxylic acids is 1. The molecule has 0 aliphatic heterocycles. The highest BCUT2D eigenvalue weighted by atomic mass is 32.2. The van der Waals surface area contributed by atoms with E-state index in [0.29, 0.717) is 6.42 Å². The Balaban J connectivity index is 2.67. The Morgan fingerprint density at radius 3 is 2.35 bits per heavy atom. The van der Waals surface area contributed by atoms with Gasteiger partial charge in [0.1, 0.15) is 0 Å². The second kappa shape index (κ2) is 8.32. The van der Waals surface area contributed by atoms with Crippen LogP contribution in [0.3, 0.4) is 0 Å². The third-order valence-electron chi connectivity index (χ3n) is 3.86. The molecule has 0 saturated heterocycles.